The van der Waals surface area contributed by atoms with Crippen molar-refractivity contribution < 1.29 is 4.79 Å². The standard InChI is InChI=1S/C16H25N3O/c1-4-16(5-2)8-10-19(11-9-16)15(20)14-7-6-13(17-3)12-18-14/h6-7,12,17H,4-5,8-11H2,1-3H3. The fraction of sp³-hybridized carbons (Fsp3) is 0.625. The maximum absolute atomic E-state index is 12.4. The number of anilines is 1. The van der Waals surface area contributed by atoms with Crippen LogP contribution in [0.2, 0.25) is 0 Å². The van der Waals surface area contributed by atoms with Crippen molar-refractivity contribution in [2.24, 2.45) is 5.41 Å². The number of hydrogen-bond donors (Lipinski definition) is 1. The predicted molar refractivity (Wildman–Crippen MR) is 81.9 cm³/mol. The summed E-state index contributed by atoms with van der Waals surface area (Å²) >= 11 is 0. The van der Waals surface area contributed by atoms with Crippen molar-refractivity contribution in [2.75, 3.05) is 25.5 Å². The van der Waals surface area contributed by atoms with Gasteiger partial charge in [0.1, 0.15) is 5.69 Å². The van der Waals surface area contributed by atoms with Crippen LogP contribution in [-0.2, 0) is 0 Å². The van der Waals surface area contributed by atoms with Crippen LogP contribution in [0.5, 0.6) is 0 Å². The fourth-order valence-corrected chi connectivity index (χ4v) is 2.97. The first-order valence-corrected chi connectivity index (χ1v) is 7.57. The second kappa shape index (κ2) is 6.25. The van der Waals surface area contributed by atoms with E-state index in [9.17, 15) is 4.79 Å². The summed E-state index contributed by atoms with van der Waals surface area (Å²) in [6, 6.07) is 3.70. The summed E-state index contributed by atoms with van der Waals surface area (Å²) in [4.78, 5) is 18.6. The number of likely N-dealkylation sites (tertiary alicyclic amines) is 1. The molecule has 110 valence electrons. The van der Waals surface area contributed by atoms with Crippen molar-refractivity contribution in [2.45, 2.75) is 39.5 Å². The molecule has 2 rings (SSSR count). The molecule has 4 nitrogen and oxygen atoms in total. The van der Waals surface area contributed by atoms with E-state index in [4.69, 9.17) is 0 Å². The first-order valence-electron chi connectivity index (χ1n) is 7.57. The van der Waals surface area contributed by atoms with Crippen LogP contribution in [0.3, 0.4) is 0 Å². The maximum Gasteiger partial charge on any atom is 0.272 e. The van der Waals surface area contributed by atoms with Gasteiger partial charge in [-0.25, -0.2) is 4.98 Å². The molecule has 20 heavy (non-hydrogen) atoms. The van der Waals surface area contributed by atoms with Crippen LogP contribution < -0.4 is 5.32 Å². The Morgan fingerprint density at radius 3 is 2.40 bits per heavy atom. The van der Waals surface area contributed by atoms with Gasteiger partial charge in [0.2, 0.25) is 0 Å². The lowest BCUT2D eigenvalue weighted by Crippen LogP contribution is -2.43. The normalized spacial score (nSPS) is 17.9. The molecule has 1 aromatic heterocycles. The van der Waals surface area contributed by atoms with E-state index in [0.29, 0.717) is 11.1 Å². The third kappa shape index (κ3) is 2.94. The van der Waals surface area contributed by atoms with Crippen LogP contribution >= 0.6 is 0 Å². The van der Waals surface area contributed by atoms with Crippen molar-refractivity contribution in [3.8, 4) is 0 Å². The van der Waals surface area contributed by atoms with Gasteiger partial charge in [-0.2, -0.15) is 0 Å². The summed E-state index contributed by atoms with van der Waals surface area (Å²) in [6.45, 7) is 6.24. The molecule has 0 saturated carbocycles. The lowest BCUT2D eigenvalue weighted by molar-refractivity contribution is 0.0552. The van der Waals surface area contributed by atoms with E-state index in [1.54, 1.807) is 12.3 Å². The molecule has 1 saturated heterocycles. The van der Waals surface area contributed by atoms with Gasteiger partial charge < -0.3 is 10.2 Å². The van der Waals surface area contributed by atoms with Gasteiger partial charge in [-0.05, 0) is 30.4 Å². The van der Waals surface area contributed by atoms with Gasteiger partial charge >= 0.3 is 0 Å². The van der Waals surface area contributed by atoms with E-state index in [-0.39, 0.29) is 5.91 Å². The largest absolute Gasteiger partial charge is 0.387 e. The molecule has 1 aliphatic rings. The van der Waals surface area contributed by atoms with Gasteiger partial charge in [0, 0.05) is 20.1 Å². The Morgan fingerprint density at radius 1 is 1.30 bits per heavy atom. The van der Waals surface area contributed by atoms with Crippen molar-refractivity contribution >= 4 is 11.6 Å². The summed E-state index contributed by atoms with van der Waals surface area (Å²) < 4.78 is 0. The highest BCUT2D eigenvalue weighted by molar-refractivity contribution is 5.92. The van der Waals surface area contributed by atoms with Gasteiger partial charge in [-0.1, -0.05) is 26.7 Å². The van der Waals surface area contributed by atoms with E-state index in [1.807, 2.05) is 18.0 Å². The van der Waals surface area contributed by atoms with E-state index >= 15 is 0 Å². The van der Waals surface area contributed by atoms with Gasteiger partial charge in [0.05, 0.1) is 11.9 Å². The smallest absolute Gasteiger partial charge is 0.272 e. The third-order valence-corrected chi connectivity index (χ3v) is 4.88. The molecule has 0 unspecified atom stereocenters. The number of nitrogens with one attached hydrogen (secondary N) is 1. The number of hydrogen-bond acceptors (Lipinski definition) is 3. The number of nitrogens with zero attached hydrogens (tertiary/aromatic N) is 2. The number of carbonyl (C=O) groups is 1. The van der Waals surface area contributed by atoms with E-state index < -0.39 is 0 Å². The highest BCUT2D eigenvalue weighted by Crippen LogP contribution is 2.38. The van der Waals surface area contributed by atoms with Crippen LogP contribution in [0.1, 0.15) is 50.0 Å². The molecule has 1 aliphatic heterocycles. The molecule has 2 heterocycles. The fourth-order valence-electron chi connectivity index (χ4n) is 2.97. The number of amides is 1. The van der Waals surface area contributed by atoms with E-state index in [1.165, 1.54) is 12.8 Å². The minimum absolute atomic E-state index is 0.0634. The van der Waals surface area contributed by atoms with Gasteiger partial charge in [-0.3, -0.25) is 4.79 Å². The molecule has 0 aliphatic carbocycles. The average Bonchev–Trinajstić information content (AvgIpc) is 2.54. The Bertz CT molecular complexity index is 441. The van der Waals surface area contributed by atoms with Gasteiger partial charge in [0.15, 0.2) is 0 Å². The Kier molecular flexibility index (Phi) is 4.63. The Labute approximate surface area is 121 Å². The van der Waals surface area contributed by atoms with Crippen LogP contribution in [0.25, 0.3) is 0 Å². The monoisotopic (exact) mass is 275 g/mol. The highest BCUT2D eigenvalue weighted by atomic mass is 16.2. The van der Waals surface area contributed by atoms with Crippen molar-refractivity contribution in [1.29, 1.82) is 0 Å². The average molecular weight is 275 g/mol. The second-order valence-corrected chi connectivity index (χ2v) is 5.68. The molecule has 0 radical (unpaired) electrons. The van der Waals surface area contributed by atoms with Crippen LogP contribution in [0.15, 0.2) is 18.3 Å². The lowest BCUT2D eigenvalue weighted by Gasteiger charge is -2.40. The van der Waals surface area contributed by atoms with Crippen LogP contribution in [0.4, 0.5) is 5.69 Å². The number of carbonyl (C=O) groups excluding carboxylic acids is 1. The summed E-state index contributed by atoms with van der Waals surface area (Å²) in [7, 11) is 1.85. The maximum atomic E-state index is 12.4. The molecule has 1 N–H and O–H groups in total. The molecular weight excluding hydrogens is 250 g/mol. The highest BCUT2D eigenvalue weighted by Gasteiger charge is 2.33. The molecule has 1 aromatic rings. The van der Waals surface area contributed by atoms with Crippen molar-refractivity contribution in [1.82, 2.24) is 9.88 Å². The minimum atomic E-state index is 0.0634. The topological polar surface area (TPSA) is 45.2 Å². The Hall–Kier alpha value is -1.58. The first kappa shape index (κ1) is 14.8. The SMILES string of the molecule is CCC1(CC)CCN(C(=O)c2ccc(NC)cn2)CC1. The number of aromatic nitrogens is 1. The molecule has 1 fully saturated rings. The zero-order valence-corrected chi connectivity index (χ0v) is 12.8. The zero-order valence-electron chi connectivity index (χ0n) is 12.8. The van der Waals surface area contributed by atoms with Gasteiger partial charge in [0.25, 0.3) is 5.91 Å². The molecular formula is C16H25N3O. The van der Waals surface area contributed by atoms with Crippen LogP contribution in [-0.4, -0.2) is 35.9 Å². The molecule has 1 amide bonds. The third-order valence-electron chi connectivity index (χ3n) is 4.88. The molecule has 0 atom stereocenters. The number of rotatable bonds is 4. The summed E-state index contributed by atoms with van der Waals surface area (Å²) in [5.41, 5.74) is 1.92. The minimum Gasteiger partial charge on any atom is -0.387 e. The lowest BCUT2D eigenvalue weighted by atomic mass is 9.74. The summed E-state index contributed by atoms with van der Waals surface area (Å²) in [5.74, 6) is 0.0634. The van der Waals surface area contributed by atoms with Crippen molar-refractivity contribution in [3.63, 3.8) is 0 Å². The van der Waals surface area contributed by atoms with E-state index in [0.717, 1.165) is 31.6 Å². The van der Waals surface area contributed by atoms with Crippen molar-refractivity contribution in [3.05, 3.63) is 24.0 Å². The molecule has 0 spiro atoms. The van der Waals surface area contributed by atoms with Gasteiger partial charge in [-0.15, -0.1) is 0 Å². The second-order valence-electron chi connectivity index (χ2n) is 5.68. The molecule has 0 aromatic carbocycles. The number of piperidine rings is 1. The predicted octanol–water partition coefficient (Wildman–Crippen LogP) is 3.17. The zero-order chi connectivity index (χ0) is 14.6. The molecule has 4 heteroatoms. The molecule has 0 bridgehead atoms. The van der Waals surface area contributed by atoms with E-state index in [2.05, 4.69) is 24.1 Å². The van der Waals surface area contributed by atoms with Crippen LogP contribution in [0, 0.1) is 5.41 Å². The Balaban J connectivity index is 2.00. The first-order chi connectivity index (χ1) is 9.64. The number of pyridine rings is 1. The summed E-state index contributed by atoms with van der Waals surface area (Å²) in [5, 5.41) is 3.01. The quantitative estimate of drug-likeness (QED) is 0.918. The summed E-state index contributed by atoms with van der Waals surface area (Å²) in [6.07, 6.45) is 6.35. The Morgan fingerprint density at radius 2 is 1.95 bits per heavy atom.